The summed E-state index contributed by atoms with van der Waals surface area (Å²) in [5.74, 6) is 0.147. The zero-order valence-corrected chi connectivity index (χ0v) is 14.7. The van der Waals surface area contributed by atoms with Crippen LogP contribution in [0.1, 0.15) is 40.6 Å². The largest absolute Gasteiger partial charge is 0.388 e. The highest BCUT2D eigenvalue weighted by Crippen LogP contribution is 2.31. The van der Waals surface area contributed by atoms with Crippen LogP contribution in [0.3, 0.4) is 0 Å². The first kappa shape index (κ1) is 16.7. The molecule has 1 atom stereocenters. The Labute approximate surface area is 152 Å². The van der Waals surface area contributed by atoms with Gasteiger partial charge in [-0.25, -0.2) is 9.50 Å². The molecule has 6 heteroatoms. The number of benzene rings is 1. The summed E-state index contributed by atoms with van der Waals surface area (Å²) in [5, 5.41) is 15.0. The van der Waals surface area contributed by atoms with Crippen LogP contribution in [-0.2, 0) is 0 Å². The Hall–Kier alpha value is -2.73. The molecular weight excluding hydrogens is 328 g/mol. The Morgan fingerprint density at radius 3 is 2.65 bits per heavy atom. The summed E-state index contributed by atoms with van der Waals surface area (Å²) in [6.07, 6.45) is 4.57. The van der Waals surface area contributed by atoms with Gasteiger partial charge >= 0.3 is 0 Å². The molecule has 4 rings (SSSR count). The monoisotopic (exact) mass is 350 g/mol. The van der Waals surface area contributed by atoms with E-state index in [4.69, 9.17) is 0 Å². The molecule has 3 heterocycles. The number of aromatic nitrogens is 3. The number of carbonyl (C=O) groups excluding carboxylic acids is 1. The van der Waals surface area contributed by atoms with E-state index in [1.807, 2.05) is 42.2 Å². The molecule has 0 spiro atoms. The number of aryl methyl sites for hydroxylation is 1. The van der Waals surface area contributed by atoms with Crippen LogP contribution in [0, 0.1) is 12.8 Å². The van der Waals surface area contributed by atoms with Gasteiger partial charge in [-0.15, -0.1) is 0 Å². The summed E-state index contributed by atoms with van der Waals surface area (Å²) in [7, 11) is 0. The van der Waals surface area contributed by atoms with Crippen LogP contribution in [0.25, 0.3) is 5.65 Å². The first-order chi connectivity index (χ1) is 12.6. The van der Waals surface area contributed by atoms with Crippen molar-refractivity contribution in [1.29, 1.82) is 0 Å². The molecule has 2 aromatic heterocycles. The maximum atomic E-state index is 13.0. The number of nitrogens with zero attached hydrogens (tertiary/aromatic N) is 4. The van der Waals surface area contributed by atoms with E-state index in [-0.39, 0.29) is 11.8 Å². The maximum absolute atomic E-state index is 13.0. The Balaban J connectivity index is 1.48. The van der Waals surface area contributed by atoms with Crippen LogP contribution < -0.4 is 0 Å². The maximum Gasteiger partial charge on any atom is 0.259 e. The molecule has 6 nitrogen and oxygen atoms in total. The minimum atomic E-state index is -0.478. The lowest BCUT2D eigenvalue weighted by Crippen LogP contribution is -2.40. The molecule has 1 saturated heterocycles. The number of aliphatic hydroxyl groups is 1. The van der Waals surface area contributed by atoms with Crippen molar-refractivity contribution in [3.8, 4) is 0 Å². The third kappa shape index (κ3) is 2.97. The second-order valence-electron chi connectivity index (χ2n) is 6.83. The molecule has 1 aliphatic rings. The van der Waals surface area contributed by atoms with Crippen LogP contribution in [-0.4, -0.2) is 43.6 Å². The van der Waals surface area contributed by atoms with Gasteiger partial charge in [0.15, 0.2) is 5.65 Å². The third-order valence-electron chi connectivity index (χ3n) is 5.20. The zero-order valence-electron chi connectivity index (χ0n) is 14.7. The van der Waals surface area contributed by atoms with Gasteiger partial charge in [-0.2, -0.15) is 5.10 Å². The number of hydrogen-bond acceptors (Lipinski definition) is 4. The van der Waals surface area contributed by atoms with E-state index in [0.29, 0.717) is 30.0 Å². The van der Waals surface area contributed by atoms with Crippen molar-refractivity contribution in [3.63, 3.8) is 0 Å². The third-order valence-corrected chi connectivity index (χ3v) is 5.20. The highest BCUT2D eigenvalue weighted by molar-refractivity contribution is 6.01. The van der Waals surface area contributed by atoms with E-state index in [2.05, 4.69) is 10.1 Å². The number of hydrogen-bond donors (Lipinski definition) is 1. The van der Waals surface area contributed by atoms with Gasteiger partial charge in [-0.05, 0) is 37.3 Å². The quantitative estimate of drug-likeness (QED) is 0.788. The Morgan fingerprint density at radius 2 is 1.92 bits per heavy atom. The fraction of sp³-hybridized carbons (Fsp3) is 0.350. The van der Waals surface area contributed by atoms with E-state index >= 15 is 0 Å². The SMILES string of the molecule is Cc1nn2cccnc2c1C(=O)N1CCC(C(O)c2ccccc2)CC1. The van der Waals surface area contributed by atoms with E-state index < -0.39 is 6.10 Å². The van der Waals surface area contributed by atoms with Crippen LogP contribution in [0.4, 0.5) is 0 Å². The topological polar surface area (TPSA) is 70.7 Å². The zero-order chi connectivity index (χ0) is 18.1. The molecule has 1 unspecified atom stereocenters. The summed E-state index contributed by atoms with van der Waals surface area (Å²) in [6.45, 7) is 3.11. The first-order valence-electron chi connectivity index (χ1n) is 8.97. The van der Waals surface area contributed by atoms with Crippen molar-refractivity contribution in [2.75, 3.05) is 13.1 Å². The van der Waals surface area contributed by atoms with E-state index in [9.17, 15) is 9.90 Å². The van der Waals surface area contributed by atoms with Gasteiger partial charge < -0.3 is 10.0 Å². The number of fused-ring (bicyclic) bond motifs is 1. The molecule has 1 amide bonds. The summed E-state index contributed by atoms with van der Waals surface area (Å²) < 4.78 is 1.65. The molecule has 0 saturated carbocycles. The molecule has 1 fully saturated rings. The molecule has 0 bridgehead atoms. The van der Waals surface area contributed by atoms with Crippen LogP contribution in [0.5, 0.6) is 0 Å². The van der Waals surface area contributed by atoms with Gasteiger partial charge in [0.25, 0.3) is 5.91 Å². The molecule has 134 valence electrons. The highest BCUT2D eigenvalue weighted by Gasteiger charge is 2.30. The van der Waals surface area contributed by atoms with Crippen LogP contribution in [0.2, 0.25) is 0 Å². The van der Waals surface area contributed by atoms with Crippen molar-refractivity contribution in [2.45, 2.75) is 25.9 Å². The average molecular weight is 350 g/mol. The van der Waals surface area contributed by atoms with Crippen LogP contribution >= 0.6 is 0 Å². The van der Waals surface area contributed by atoms with Crippen LogP contribution in [0.15, 0.2) is 48.8 Å². The summed E-state index contributed by atoms with van der Waals surface area (Å²) in [6, 6.07) is 11.5. The Kier molecular flexibility index (Phi) is 4.42. The van der Waals surface area contributed by atoms with E-state index in [1.165, 1.54) is 0 Å². The van der Waals surface area contributed by atoms with Crippen molar-refractivity contribution >= 4 is 11.6 Å². The predicted molar refractivity (Wildman–Crippen MR) is 97.8 cm³/mol. The fourth-order valence-corrected chi connectivity index (χ4v) is 3.75. The average Bonchev–Trinajstić information content (AvgIpc) is 3.03. The number of likely N-dealkylation sites (tertiary alicyclic amines) is 1. The molecule has 1 N–H and O–H groups in total. The van der Waals surface area contributed by atoms with E-state index in [0.717, 1.165) is 18.4 Å². The molecule has 26 heavy (non-hydrogen) atoms. The lowest BCUT2D eigenvalue weighted by Gasteiger charge is -2.34. The van der Waals surface area contributed by atoms with Gasteiger partial charge in [0.2, 0.25) is 0 Å². The molecule has 0 radical (unpaired) electrons. The second-order valence-corrected chi connectivity index (χ2v) is 6.83. The lowest BCUT2D eigenvalue weighted by atomic mass is 9.87. The number of piperidine rings is 1. The molecular formula is C20H22N4O2. The summed E-state index contributed by atoms with van der Waals surface area (Å²) in [5.41, 5.74) is 2.81. The number of amides is 1. The van der Waals surface area contributed by atoms with Gasteiger partial charge in [0, 0.05) is 25.5 Å². The molecule has 0 aliphatic carbocycles. The number of rotatable bonds is 3. The Morgan fingerprint density at radius 1 is 1.19 bits per heavy atom. The van der Waals surface area contributed by atoms with Crippen molar-refractivity contribution < 1.29 is 9.90 Å². The Bertz CT molecular complexity index is 914. The minimum Gasteiger partial charge on any atom is -0.388 e. The first-order valence-corrected chi connectivity index (χ1v) is 8.97. The normalized spacial score (nSPS) is 16.8. The highest BCUT2D eigenvalue weighted by atomic mass is 16.3. The van der Waals surface area contributed by atoms with E-state index in [1.54, 1.807) is 23.0 Å². The summed E-state index contributed by atoms with van der Waals surface area (Å²) >= 11 is 0. The minimum absolute atomic E-state index is 0.0242. The number of aliphatic hydroxyl groups excluding tert-OH is 1. The van der Waals surface area contributed by atoms with Crippen molar-refractivity contribution in [1.82, 2.24) is 19.5 Å². The van der Waals surface area contributed by atoms with Gasteiger partial charge in [-0.1, -0.05) is 30.3 Å². The molecule has 1 aliphatic heterocycles. The lowest BCUT2D eigenvalue weighted by molar-refractivity contribution is 0.0463. The number of carbonyl (C=O) groups is 1. The summed E-state index contributed by atoms with van der Waals surface area (Å²) in [4.78, 5) is 19.2. The van der Waals surface area contributed by atoms with Crippen molar-refractivity contribution in [3.05, 3.63) is 65.6 Å². The van der Waals surface area contributed by atoms with Gasteiger partial charge in [-0.3, -0.25) is 4.79 Å². The fourth-order valence-electron chi connectivity index (χ4n) is 3.75. The molecule has 3 aromatic rings. The smallest absolute Gasteiger partial charge is 0.259 e. The van der Waals surface area contributed by atoms with Crippen molar-refractivity contribution in [2.24, 2.45) is 5.92 Å². The predicted octanol–water partition coefficient (Wildman–Crippen LogP) is 2.62. The second kappa shape index (κ2) is 6.88. The standard InChI is InChI=1S/C20H22N4O2/c1-14-17(19-21-10-5-11-24(19)22-14)20(26)23-12-8-16(9-13-23)18(25)15-6-3-2-4-7-15/h2-7,10-11,16,18,25H,8-9,12-13H2,1H3. The molecule has 1 aromatic carbocycles. The van der Waals surface area contributed by atoms with Gasteiger partial charge in [0.1, 0.15) is 5.56 Å². The van der Waals surface area contributed by atoms with Gasteiger partial charge in [0.05, 0.1) is 11.8 Å².